The van der Waals surface area contributed by atoms with Crippen LogP contribution in [-0.4, -0.2) is 47.0 Å². The summed E-state index contributed by atoms with van der Waals surface area (Å²) in [5.74, 6) is 0.731. The number of nitrogens with two attached hydrogens (primary N) is 1. The van der Waals surface area contributed by atoms with Gasteiger partial charge in [0.05, 0.1) is 0 Å². The summed E-state index contributed by atoms with van der Waals surface area (Å²) in [5, 5.41) is 0. The van der Waals surface area contributed by atoms with Crippen molar-refractivity contribution in [2.45, 2.75) is 6.54 Å². The summed E-state index contributed by atoms with van der Waals surface area (Å²) in [7, 11) is 0. The number of rotatable bonds is 5. The molecule has 2 N–H and O–H groups in total. The number of carbonyl (C=O) groups excluding carboxylic acids is 1. The SMILES string of the molecule is NC(=O)c1cnc(-c2ccccc2)nc1N1CCN(Cc2ccccc2)CC1. The molecule has 1 amide bonds. The van der Waals surface area contributed by atoms with Gasteiger partial charge in [0.1, 0.15) is 11.4 Å². The number of hydrogen-bond acceptors (Lipinski definition) is 5. The Bertz CT molecular complexity index is 938. The largest absolute Gasteiger partial charge is 0.365 e. The standard InChI is InChI=1S/C22H23N5O/c23-20(28)19-15-24-21(18-9-5-2-6-10-18)25-22(19)27-13-11-26(12-14-27)16-17-7-3-1-4-8-17/h1-10,15H,11-14,16H2,(H2,23,28). The molecule has 0 atom stereocenters. The highest BCUT2D eigenvalue weighted by Gasteiger charge is 2.23. The fourth-order valence-electron chi connectivity index (χ4n) is 3.47. The second kappa shape index (κ2) is 8.19. The van der Waals surface area contributed by atoms with E-state index < -0.39 is 5.91 Å². The van der Waals surface area contributed by atoms with Crippen LogP contribution < -0.4 is 10.6 Å². The number of aromatic nitrogens is 2. The maximum Gasteiger partial charge on any atom is 0.254 e. The fourth-order valence-corrected chi connectivity index (χ4v) is 3.47. The maximum atomic E-state index is 11.9. The highest BCUT2D eigenvalue weighted by molar-refractivity contribution is 5.97. The van der Waals surface area contributed by atoms with Crippen LogP contribution in [0.25, 0.3) is 11.4 Å². The smallest absolute Gasteiger partial charge is 0.254 e. The molecule has 6 nitrogen and oxygen atoms in total. The van der Waals surface area contributed by atoms with Crippen LogP contribution >= 0.6 is 0 Å². The van der Waals surface area contributed by atoms with Crippen molar-refractivity contribution >= 4 is 11.7 Å². The lowest BCUT2D eigenvalue weighted by molar-refractivity contribution is 0.1000. The molecule has 0 unspecified atom stereocenters. The molecule has 1 aliphatic heterocycles. The van der Waals surface area contributed by atoms with Gasteiger partial charge in [0.2, 0.25) is 0 Å². The van der Waals surface area contributed by atoms with Crippen molar-refractivity contribution in [3.8, 4) is 11.4 Å². The molecule has 0 radical (unpaired) electrons. The molecule has 4 rings (SSSR count). The zero-order valence-corrected chi connectivity index (χ0v) is 15.7. The average Bonchev–Trinajstić information content (AvgIpc) is 2.75. The van der Waals surface area contributed by atoms with Gasteiger partial charge < -0.3 is 10.6 Å². The van der Waals surface area contributed by atoms with E-state index in [1.807, 2.05) is 36.4 Å². The zero-order chi connectivity index (χ0) is 19.3. The minimum atomic E-state index is -0.499. The van der Waals surface area contributed by atoms with Crippen molar-refractivity contribution in [1.29, 1.82) is 0 Å². The van der Waals surface area contributed by atoms with Crippen LogP contribution in [-0.2, 0) is 6.54 Å². The first-order valence-electron chi connectivity index (χ1n) is 9.44. The normalized spacial score (nSPS) is 14.8. The van der Waals surface area contributed by atoms with E-state index in [2.05, 4.69) is 39.0 Å². The Morgan fingerprint density at radius 2 is 1.57 bits per heavy atom. The van der Waals surface area contributed by atoms with Crippen molar-refractivity contribution in [2.24, 2.45) is 5.73 Å². The highest BCUT2D eigenvalue weighted by atomic mass is 16.1. The zero-order valence-electron chi connectivity index (χ0n) is 15.7. The summed E-state index contributed by atoms with van der Waals surface area (Å²) < 4.78 is 0. The van der Waals surface area contributed by atoms with Crippen molar-refractivity contribution < 1.29 is 4.79 Å². The van der Waals surface area contributed by atoms with Gasteiger partial charge >= 0.3 is 0 Å². The third kappa shape index (κ3) is 4.02. The lowest BCUT2D eigenvalue weighted by atomic mass is 10.1. The molecule has 6 heteroatoms. The molecule has 2 aromatic carbocycles. The van der Waals surface area contributed by atoms with E-state index >= 15 is 0 Å². The predicted octanol–water partition coefficient (Wildman–Crippen LogP) is 2.56. The van der Waals surface area contributed by atoms with Crippen LogP contribution in [0.2, 0.25) is 0 Å². The molecule has 1 aromatic heterocycles. The Hall–Kier alpha value is -3.25. The first-order valence-corrected chi connectivity index (χ1v) is 9.44. The van der Waals surface area contributed by atoms with Gasteiger partial charge in [-0.2, -0.15) is 0 Å². The van der Waals surface area contributed by atoms with Gasteiger partial charge in [0, 0.05) is 44.5 Å². The number of piperazine rings is 1. The fraction of sp³-hybridized carbons (Fsp3) is 0.227. The van der Waals surface area contributed by atoms with Gasteiger partial charge in [-0.25, -0.2) is 9.97 Å². The first kappa shape index (κ1) is 18.1. The second-order valence-electron chi connectivity index (χ2n) is 6.91. The molecule has 2 heterocycles. The Morgan fingerprint density at radius 3 is 2.21 bits per heavy atom. The molecule has 1 saturated heterocycles. The first-order chi connectivity index (χ1) is 13.7. The number of anilines is 1. The van der Waals surface area contributed by atoms with Crippen LogP contribution in [0.15, 0.2) is 66.9 Å². The molecule has 0 bridgehead atoms. The molecule has 28 heavy (non-hydrogen) atoms. The van der Waals surface area contributed by atoms with Gasteiger partial charge in [-0.1, -0.05) is 60.7 Å². The van der Waals surface area contributed by atoms with Crippen LogP contribution in [0.3, 0.4) is 0 Å². The maximum absolute atomic E-state index is 11.9. The van der Waals surface area contributed by atoms with E-state index in [1.165, 1.54) is 5.56 Å². The number of benzene rings is 2. The molecular formula is C22H23N5O. The van der Waals surface area contributed by atoms with E-state index in [0.717, 1.165) is 38.3 Å². The number of amides is 1. The Balaban J connectivity index is 1.52. The summed E-state index contributed by atoms with van der Waals surface area (Å²) in [6.07, 6.45) is 1.54. The minimum absolute atomic E-state index is 0.371. The Labute approximate surface area is 164 Å². The van der Waals surface area contributed by atoms with Gasteiger partial charge in [-0.15, -0.1) is 0 Å². The summed E-state index contributed by atoms with van der Waals surface area (Å²) in [4.78, 5) is 25.5. The third-order valence-electron chi connectivity index (χ3n) is 4.99. The van der Waals surface area contributed by atoms with Gasteiger partial charge in [0.25, 0.3) is 5.91 Å². The van der Waals surface area contributed by atoms with Gasteiger partial charge in [0.15, 0.2) is 5.82 Å². The Morgan fingerprint density at radius 1 is 0.929 bits per heavy atom. The number of nitrogens with zero attached hydrogens (tertiary/aromatic N) is 4. The van der Waals surface area contributed by atoms with Crippen molar-refractivity contribution in [2.75, 3.05) is 31.1 Å². The van der Waals surface area contributed by atoms with E-state index in [1.54, 1.807) is 6.20 Å². The molecule has 142 valence electrons. The molecule has 0 saturated carbocycles. The van der Waals surface area contributed by atoms with Gasteiger partial charge in [-0.05, 0) is 5.56 Å². The minimum Gasteiger partial charge on any atom is -0.365 e. The van der Waals surface area contributed by atoms with Crippen molar-refractivity contribution in [3.63, 3.8) is 0 Å². The molecule has 1 fully saturated rings. The molecule has 1 aliphatic rings. The van der Waals surface area contributed by atoms with E-state index in [9.17, 15) is 4.79 Å². The van der Waals surface area contributed by atoms with Crippen LogP contribution in [0.4, 0.5) is 5.82 Å². The topological polar surface area (TPSA) is 75.3 Å². The number of primary amides is 1. The monoisotopic (exact) mass is 373 g/mol. The summed E-state index contributed by atoms with van der Waals surface area (Å²) in [5.41, 5.74) is 8.18. The molecule has 0 spiro atoms. The molecular weight excluding hydrogens is 350 g/mol. The van der Waals surface area contributed by atoms with Crippen LogP contribution in [0.5, 0.6) is 0 Å². The van der Waals surface area contributed by atoms with E-state index in [4.69, 9.17) is 10.7 Å². The lowest BCUT2D eigenvalue weighted by Gasteiger charge is -2.36. The molecule has 3 aromatic rings. The summed E-state index contributed by atoms with van der Waals surface area (Å²) in [6, 6.07) is 20.2. The number of carbonyl (C=O) groups is 1. The third-order valence-corrected chi connectivity index (χ3v) is 4.99. The molecule has 0 aliphatic carbocycles. The lowest BCUT2D eigenvalue weighted by Crippen LogP contribution is -2.46. The van der Waals surface area contributed by atoms with Crippen LogP contribution in [0, 0.1) is 0 Å². The Kier molecular flexibility index (Phi) is 5.30. The van der Waals surface area contributed by atoms with Crippen molar-refractivity contribution in [3.05, 3.63) is 78.0 Å². The average molecular weight is 373 g/mol. The van der Waals surface area contributed by atoms with Crippen LogP contribution in [0.1, 0.15) is 15.9 Å². The van der Waals surface area contributed by atoms with Crippen molar-refractivity contribution in [1.82, 2.24) is 14.9 Å². The quantitative estimate of drug-likeness (QED) is 0.744. The summed E-state index contributed by atoms with van der Waals surface area (Å²) >= 11 is 0. The second-order valence-corrected chi connectivity index (χ2v) is 6.91. The van der Waals surface area contributed by atoms with E-state index in [0.29, 0.717) is 17.2 Å². The number of hydrogen-bond donors (Lipinski definition) is 1. The highest BCUT2D eigenvalue weighted by Crippen LogP contribution is 2.23. The predicted molar refractivity (Wildman–Crippen MR) is 110 cm³/mol. The van der Waals surface area contributed by atoms with E-state index in [-0.39, 0.29) is 0 Å². The summed E-state index contributed by atoms with van der Waals surface area (Å²) in [6.45, 7) is 4.31. The van der Waals surface area contributed by atoms with Gasteiger partial charge in [-0.3, -0.25) is 9.69 Å².